The Bertz CT molecular complexity index is 255. The number of nitrogens with one attached hydrogen (secondary N) is 1. The topological polar surface area (TPSA) is 27.6 Å². The molecule has 1 aliphatic carbocycles. The number of nitrogens with zero attached hydrogens (tertiary/aromatic N) is 2. The van der Waals surface area contributed by atoms with Crippen molar-refractivity contribution >= 4 is 5.96 Å². The van der Waals surface area contributed by atoms with Crippen LogP contribution in [0.3, 0.4) is 0 Å². The minimum atomic E-state index is 0.618. The molecule has 1 atom stereocenters. The molecule has 2 heterocycles. The predicted molar refractivity (Wildman–Crippen MR) is 52.8 cm³/mol. The van der Waals surface area contributed by atoms with E-state index in [9.17, 15) is 0 Å². The summed E-state index contributed by atoms with van der Waals surface area (Å²) in [5, 5.41) is 3.36. The zero-order valence-electron chi connectivity index (χ0n) is 8.21. The summed E-state index contributed by atoms with van der Waals surface area (Å²) in [7, 11) is 0. The summed E-state index contributed by atoms with van der Waals surface area (Å²) in [6.45, 7) is 5.71. The van der Waals surface area contributed by atoms with Gasteiger partial charge in [-0.25, -0.2) is 0 Å². The molecule has 2 fully saturated rings. The van der Waals surface area contributed by atoms with Crippen LogP contribution in [0, 0.1) is 5.41 Å². The molecule has 13 heavy (non-hydrogen) atoms. The number of hydrogen-bond acceptors (Lipinski definition) is 3. The van der Waals surface area contributed by atoms with E-state index < -0.39 is 0 Å². The highest BCUT2D eigenvalue weighted by Crippen LogP contribution is 2.51. The molecule has 0 radical (unpaired) electrons. The minimum Gasteiger partial charge on any atom is -0.354 e. The SMILES string of the molecule is CC1(C2CCN=C3NCCN32)CC1. The summed E-state index contributed by atoms with van der Waals surface area (Å²) in [6.07, 6.45) is 4.10. The highest BCUT2D eigenvalue weighted by Gasteiger charge is 2.49. The van der Waals surface area contributed by atoms with E-state index in [1.165, 1.54) is 31.8 Å². The zero-order valence-corrected chi connectivity index (χ0v) is 8.21. The van der Waals surface area contributed by atoms with E-state index in [-0.39, 0.29) is 0 Å². The fraction of sp³-hybridized carbons (Fsp3) is 0.900. The van der Waals surface area contributed by atoms with Crippen molar-refractivity contribution in [3.05, 3.63) is 0 Å². The van der Waals surface area contributed by atoms with Gasteiger partial charge in [-0.2, -0.15) is 0 Å². The lowest BCUT2D eigenvalue weighted by molar-refractivity contribution is 0.215. The normalized spacial score (nSPS) is 35.0. The number of hydrogen-bond donors (Lipinski definition) is 1. The molecule has 0 spiro atoms. The molecule has 0 aromatic heterocycles. The maximum Gasteiger partial charge on any atom is 0.194 e. The van der Waals surface area contributed by atoms with Crippen LogP contribution in [0.25, 0.3) is 0 Å². The van der Waals surface area contributed by atoms with Crippen molar-refractivity contribution in [1.29, 1.82) is 0 Å². The van der Waals surface area contributed by atoms with Gasteiger partial charge in [0.15, 0.2) is 5.96 Å². The van der Waals surface area contributed by atoms with Crippen molar-refractivity contribution in [1.82, 2.24) is 10.2 Å². The van der Waals surface area contributed by atoms with Crippen molar-refractivity contribution in [3.8, 4) is 0 Å². The van der Waals surface area contributed by atoms with Crippen LogP contribution in [0.15, 0.2) is 4.99 Å². The van der Waals surface area contributed by atoms with E-state index in [4.69, 9.17) is 0 Å². The van der Waals surface area contributed by atoms with Crippen LogP contribution in [0.1, 0.15) is 26.2 Å². The summed E-state index contributed by atoms with van der Waals surface area (Å²) in [5.41, 5.74) is 0.618. The molecule has 1 N–H and O–H groups in total. The zero-order chi connectivity index (χ0) is 8.89. The lowest BCUT2D eigenvalue weighted by Gasteiger charge is -2.36. The molecule has 3 rings (SSSR count). The lowest BCUT2D eigenvalue weighted by atomic mass is 9.93. The number of aliphatic imine (C=N–C) groups is 1. The summed E-state index contributed by atoms with van der Waals surface area (Å²) in [5.74, 6) is 1.17. The molecule has 1 saturated carbocycles. The smallest absolute Gasteiger partial charge is 0.194 e. The van der Waals surface area contributed by atoms with Gasteiger partial charge in [0.05, 0.1) is 0 Å². The van der Waals surface area contributed by atoms with Crippen molar-refractivity contribution < 1.29 is 0 Å². The molecule has 0 amide bonds. The minimum absolute atomic E-state index is 0.618. The van der Waals surface area contributed by atoms with Gasteiger partial charge in [-0.1, -0.05) is 6.92 Å². The van der Waals surface area contributed by atoms with E-state index in [1.807, 2.05) is 0 Å². The number of rotatable bonds is 1. The predicted octanol–water partition coefficient (Wildman–Crippen LogP) is 0.820. The Hall–Kier alpha value is -0.730. The Kier molecular flexibility index (Phi) is 1.41. The molecule has 0 aromatic rings. The summed E-state index contributed by atoms with van der Waals surface area (Å²) in [4.78, 5) is 7.01. The second kappa shape index (κ2) is 2.40. The fourth-order valence-corrected chi connectivity index (χ4v) is 2.65. The van der Waals surface area contributed by atoms with Crippen LogP contribution in [-0.4, -0.2) is 36.5 Å². The maximum absolute atomic E-state index is 4.51. The lowest BCUT2D eigenvalue weighted by Crippen LogP contribution is -2.46. The molecule has 1 unspecified atom stereocenters. The number of fused-ring (bicyclic) bond motifs is 1. The molecule has 0 aromatic carbocycles. The molecule has 1 saturated heterocycles. The van der Waals surface area contributed by atoms with Crippen molar-refractivity contribution in [2.24, 2.45) is 10.4 Å². The first-order valence-electron chi connectivity index (χ1n) is 5.35. The molecular weight excluding hydrogens is 162 g/mol. The van der Waals surface area contributed by atoms with Crippen molar-refractivity contribution in [2.75, 3.05) is 19.6 Å². The Morgan fingerprint density at radius 1 is 1.54 bits per heavy atom. The van der Waals surface area contributed by atoms with Gasteiger partial charge in [-0.15, -0.1) is 0 Å². The first-order valence-corrected chi connectivity index (χ1v) is 5.35. The van der Waals surface area contributed by atoms with Crippen LogP contribution >= 0.6 is 0 Å². The fourth-order valence-electron chi connectivity index (χ4n) is 2.65. The van der Waals surface area contributed by atoms with Gasteiger partial charge in [0.2, 0.25) is 0 Å². The molecule has 72 valence electrons. The molecule has 0 bridgehead atoms. The summed E-state index contributed by atoms with van der Waals surface area (Å²) in [6, 6.07) is 0.773. The third-order valence-electron chi connectivity index (χ3n) is 3.79. The molecule has 3 nitrogen and oxygen atoms in total. The molecule has 3 aliphatic rings. The van der Waals surface area contributed by atoms with Crippen molar-refractivity contribution in [3.63, 3.8) is 0 Å². The highest BCUT2D eigenvalue weighted by atomic mass is 15.4. The van der Waals surface area contributed by atoms with Crippen molar-refractivity contribution in [2.45, 2.75) is 32.2 Å². The average molecular weight is 179 g/mol. The van der Waals surface area contributed by atoms with Gasteiger partial charge in [0.1, 0.15) is 0 Å². The first-order chi connectivity index (χ1) is 6.30. The van der Waals surface area contributed by atoms with Crippen LogP contribution in [0.4, 0.5) is 0 Å². The van der Waals surface area contributed by atoms with Crippen LogP contribution in [0.5, 0.6) is 0 Å². The molecule has 3 heteroatoms. The Balaban J connectivity index is 1.86. The van der Waals surface area contributed by atoms with E-state index >= 15 is 0 Å². The van der Waals surface area contributed by atoms with E-state index in [2.05, 4.69) is 22.1 Å². The van der Waals surface area contributed by atoms with Gasteiger partial charge < -0.3 is 10.2 Å². The van der Waals surface area contributed by atoms with Crippen LogP contribution in [-0.2, 0) is 0 Å². The maximum atomic E-state index is 4.51. The molecule has 2 aliphatic heterocycles. The highest BCUT2D eigenvalue weighted by molar-refractivity contribution is 5.82. The van der Waals surface area contributed by atoms with E-state index in [0.717, 1.165) is 19.1 Å². The van der Waals surface area contributed by atoms with Gasteiger partial charge in [-0.05, 0) is 24.7 Å². The Labute approximate surface area is 79.2 Å². The summed E-state index contributed by atoms with van der Waals surface area (Å²) < 4.78 is 0. The third kappa shape index (κ3) is 1.06. The number of guanidine groups is 1. The van der Waals surface area contributed by atoms with Crippen LogP contribution in [0.2, 0.25) is 0 Å². The second-order valence-corrected chi connectivity index (χ2v) is 4.78. The quantitative estimate of drug-likeness (QED) is 0.645. The van der Waals surface area contributed by atoms with E-state index in [1.54, 1.807) is 0 Å². The largest absolute Gasteiger partial charge is 0.354 e. The standard InChI is InChI=1S/C10H17N3/c1-10(3-4-10)8-2-5-11-9-12-6-7-13(8)9/h8H,2-7H2,1H3,(H,11,12). The Morgan fingerprint density at radius 3 is 3.15 bits per heavy atom. The first kappa shape index (κ1) is 7.65. The van der Waals surface area contributed by atoms with Gasteiger partial charge in [-0.3, -0.25) is 4.99 Å². The van der Waals surface area contributed by atoms with E-state index in [0.29, 0.717) is 5.41 Å². The van der Waals surface area contributed by atoms with Crippen LogP contribution < -0.4 is 5.32 Å². The Morgan fingerprint density at radius 2 is 2.38 bits per heavy atom. The van der Waals surface area contributed by atoms with Gasteiger partial charge in [0.25, 0.3) is 0 Å². The van der Waals surface area contributed by atoms with Gasteiger partial charge in [0, 0.05) is 25.7 Å². The summed E-state index contributed by atoms with van der Waals surface area (Å²) >= 11 is 0. The second-order valence-electron chi connectivity index (χ2n) is 4.78. The monoisotopic (exact) mass is 179 g/mol. The molecular formula is C10H17N3. The van der Waals surface area contributed by atoms with Gasteiger partial charge >= 0.3 is 0 Å². The average Bonchev–Trinajstić information content (AvgIpc) is 2.72. The third-order valence-corrected chi connectivity index (χ3v) is 3.79.